The zero-order chi connectivity index (χ0) is 18.8. The highest BCUT2D eigenvalue weighted by Crippen LogP contribution is 2.30. The molecule has 0 radical (unpaired) electrons. The SMILES string of the molecule is O=C(c1ccccc1Cl)N1CC[C@H]2[C@@H](COCCN2c2ccc(F)cc2)C1. The van der Waals surface area contributed by atoms with E-state index in [1.807, 2.05) is 29.2 Å². The lowest BCUT2D eigenvalue weighted by atomic mass is 9.90. The molecule has 0 aliphatic carbocycles. The second-order valence-corrected chi connectivity index (χ2v) is 7.50. The number of rotatable bonds is 2. The van der Waals surface area contributed by atoms with Crippen molar-refractivity contribution in [2.45, 2.75) is 12.5 Å². The van der Waals surface area contributed by atoms with Gasteiger partial charge in [0.1, 0.15) is 5.82 Å². The van der Waals surface area contributed by atoms with Gasteiger partial charge in [0.25, 0.3) is 5.91 Å². The molecule has 27 heavy (non-hydrogen) atoms. The number of amides is 1. The molecule has 0 unspecified atom stereocenters. The molecule has 1 amide bonds. The predicted octanol–water partition coefficient (Wildman–Crippen LogP) is 3.85. The second kappa shape index (κ2) is 7.87. The van der Waals surface area contributed by atoms with Crippen molar-refractivity contribution in [3.05, 3.63) is 64.9 Å². The number of ether oxygens (including phenoxy) is 1. The number of hydrogen-bond donors (Lipinski definition) is 0. The van der Waals surface area contributed by atoms with Crippen molar-refractivity contribution >= 4 is 23.2 Å². The smallest absolute Gasteiger partial charge is 0.255 e. The maximum absolute atomic E-state index is 13.3. The summed E-state index contributed by atoms with van der Waals surface area (Å²) in [6, 6.07) is 14.1. The van der Waals surface area contributed by atoms with Crippen LogP contribution in [-0.4, -0.2) is 49.7 Å². The molecular weight excluding hydrogens is 367 g/mol. The van der Waals surface area contributed by atoms with Gasteiger partial charge in [-0.25, -0.2) is 4.39 Å². The number of benzene rings is 2. The van der Waals surface area contributed by atoms with Crippen molar-refractivity contribution in [2.75, 3.05) is 37.7 Å². The molecule has 2 heterocycles. The molecule has 2 aliphatic heterocycles. The summed E-state index contributed by atoms with van der Waals surface area (Å²) in [7, 11) is 0. The molecule has 6 heteroatoms. The highest BCUT2D eigenvalue weighted by atomic mass is 35.5. The van der Waals surface area contributed by atoms with Gasteiger partial charge in [-0.05, 0) is 42.8 Å². The van der Waals surface area contributed by atoms with Gasteiger partial charge in [0.2, 0.25) is 0 Å². The summed E-state index contributed by atoms with van der Waals surface area (Å²) < 4.78 is 19.1. The Kier molecular flexibility index (Phi) is 5.32. The molecule has 0 aromatic heterocycles. The van der Waals surface area contributed by atoms with Crippen molar-refractivity contribution in [2.24, 2.45) is 5.92 Å². The van der Waals surface area contributed by atoms with Gasteiger partial charge >= 0.3 is 0 Å². The largest absolute Gasteiger partial charge is 0.379 e. The van der Waals surface area contributed by atoms with Crippen molar-refractivity contribution in [1.29, 1.82) is 0 Å². The van der Waals surface area contributed by atoms with E-state index in [9.17, 15) is 9.18 Å². The number of likely N-dealkylation sites (tertiary alicyclic amines) is 1. The monoisotopic (exact) mass is 388 g/mol. The number of carbonyl (C=O) groups is 1. The van der Waals surface area contributed by atoms with Crippen LogP contribution in [0.3, 0.4) is 0 Å². The van der Waals surface area contributed by atoms with Crippen LogP contribution in [0.1, 0.15) is 16.8 Å². The molecule has 2 saturated heterocycles. The maximum atomic E-state index is 13.3. The summed E-state index contributed by atoms with van der Waals surface area (Å²) in [5, 5.41) is 0.481. The Balaban J connectivity index is 1.53. The Morgan fingerprint density at radius 2 is 1.89 bits per heavy atom. The van der Waals surface area contributed by atoms with Crippen LogP contribution in [0.2, 0.25) is 5.02 Å². The van der Waals surface area contributed by atoms with Gasteiger partial charge < -0.3 is 14.5 Å². The van der Waals surface area contributed by atoms with Gasteiger partial charge in [-0.15, -0.1) is 0 Å². The van der Waals surface area contributed by atoms with Crippen LogP contribution in [-0.2, 0) is 4.74 Å². The molecule has 0 spiro atoms. The fourth-order valence-corrected chi connectivity index (χ4v) is 4.32. The van der Waals surface area contributed by atoms with Crippen LogP contribution in [0.5, 0.6) is 0 Å². The topological polar surface area (TPSA) is 32.8 Å². The average Bonchev–Trinajstić information content (AvgIpc) is 2.90. The molecular formula is C21H22ClFN2O2. The highest BCUT2D eigenvalue weighted by Gasteiger charge is 2.37. The van der Waals surface area contributed by atoms with Crippen molar-refractivity contribution in [3.63, 3.8) is 0 Å². The lowest BCUT2D eigenvalue weighted by Crippen LogP contribution is -2.53. The first-order chi connectivity index (χ1) is 13.1. The normalized spacial score (nSPS) is 22.9. The third-order valence-corrected chi connectivity index (χ3v) is 5.78. The number of piperidine rings is 1. The van der Waals surface area contributed by atoms with Gasteiger partial charge in [-0.2, -0.15) is 0 Å². The maximum Gasteiger partial charge on any atom is 0.255 e. The Bertz CT molecular complexity index is 814. The first kappa shape index (κ1) is 18.3. The molecule has 0 N–H and O–H groups in total. The van der Waals surface area contributed by atoms with Crippen LogP contribution >= 0.6 is 11.6 Å². The zero-order valence-corrected chi connectivity index (χ0v) is 15.7. The molecule has 2 fully saturated rings. The summed E-state index contributed by atoms with van der Waals surface area (Å²) >= 11 is 6.21. The van der Waals surface area contributed by atoms with Gasteiger partial charge in [-0.3, -0.25) is 4.79 Å². The van der Waals surface area contributed by atoms with E-state index in [1.165, 1.54) is 12.1 Å². The van der Waals surface area contributed by atoms with E-state index < -0.39 is 0 Å². The lowest BCUT2D eigenvalue weighted by Gasteiger charge is -2.43. The zero-order valence-electron chi connectivity index (χ0n) is 15.0. The quantitative estimate of drug-likeness (QED) is 0.783. The standard InChI is InChI=1S/C21H22ClFN2O2/c22-19-4-2-1-3-18(19)21(26)24-10-9-20-15(13-24)14-27-12-11-25(20)17-7-5-16(23)6-8-17/h1-8,15,20H,9-14H2/t15-,20+/m1/s1. The average molecular weight is 389 g/mol. The number of halogens is 2. The molecule has 2 aromatic rings. The molecule has 4 nitrogen and oxygen atoms in total. The fraction of sp³-hybridized carbons (Fsp3) is 0.381. The van der Waals surface area contributed by atoms with Gasteiger partial charge in [0, 0.05) is 37.3 Å². The van der Waals surface area contributed by atoms with E-state index >= 15 is 0 Å². The summed E-state index contributed by atoms with van der Waals surface area (Å²) in [5.41, 5.74) is 1.55. The molecule has 142 valence electrons. The number of carbonyl (C=O) groups excluding carboxylic acids is 1. The first-order valence-corrected chi connectivity index (χ1v) is 9.65. The van der Waals surface area contributed by atoms with Crippen LogP contribution < -0.4 is 4.90 Å². The van der Waals surface area contributed by atoms with Crippen LogP contribution in [0.15, 0.2) is 48.5 Å². The Morgan fingerprint density at radius 1 is 1.11 bits per heavy atom. The summed E-state index contributed by atoms with van der Waals surface area (Å²) in [5.74, 6) is -0.0594. The van der Waals surface area contributed by atoms with Gasteiger partial charge in [-0.1, -0.05) is 23.7 Å². The van der Waals surface area contributed by atoms with Gasteiger partial charge in [0.15, 0.2) is 0 Å². The third-order valence-electron chi connectivity index (χ3n) is 5.45. The Morgan fingerprint density at radius 3 is 2.67 bits per heavy atom. The molecule has 0 bridgehead atoms. The number of hydrogen-bond acceptors (Lipinski definition) is 3. The van der Waals surface area contributed by atoms with Crippen molar-refractivity contribution in [3.8, 4) is 0 Å². The van der Waals surface area contributed by atoms with E-state index in [1.54, 1.807) is 12.1 Å². The molecule has 0 saturated carbocycles. The van der Waals surface area contributed by atoms with Crippen molar-refractivity contribution in [1.82, 2.24) is 4.90 Å². The Labute approximate surface area is 163 Å². The lowest BCUT2D eigenvalue weighted by molar-refractivity contribution is 0.0521. The minimum absolute atomic E-state index is 0.0309. The highest BCUT2D eigenvalue weighted by molar-refractivity contribution is 6.33. The van der Waals surface area contributed by atoms with E-state index in [0.29, 0.717) is 36.9 Å². The van der Waals surface area contributed by atoms with Crippen LogP contribution in [0.25, 0.3) is 0 Å². The van der Waals surface area contributed by atoms with E-state index in [2.05, 4.69) is 4.90 Å². The second-order valence-electron chi connectivity index (χ2n) is 7.09. The van der Waals surface area contributed by atoms with E-state index in [-0.39, 0.29) is 23.7 Å². The number of nitrogens with zero attached hydrogens (tertiary/aromatic N) is 2. The molecule has 2 atom stereocenters. The third kappa shape index (κ3) is 3.80. The van der Waals surface area contributed by atoms with Crippen molar-refractivity contribution < 1.29 is 13.9 Å². The minimum atomic E-state index is -0.235. The molecule has 2 aromatic carbocycles. The molecule has 4 rings (SSSR count). The fourth-order valence-electron chi connectivity index (χ4n) is 4.10. The Hall–Kier alpha value is -2.11. The van der Waals surface area contributed by atoms with Crippen LogP contribution in [0, 0.1) is 11.7 Å². The summed E-state index contributed by atoms with van der Waals surface area (Å²) in [4.78, 5) is 17.1. The van der Waals surface area contributed by atoms with E-state index in [4.69, 9.17) is 16.3 Å². The minimum Gasteiger partial charge on any atom is -0.379 e. The molecule has 2 aliphatic rings. The van der Waals surface area contributed by atoms with Gasteiger partial charge in [0.05, 0.1) is 23.8 Å². The van der Waals surface area contributed by atoms with Crippen LogP contribution in [0.4, 0.5) is 10.1 Å². The summed E-state index contributed by atoms with van der Waals surface area (Å²) in [6.45, 7) is 3.32. The van der Waals surface area contributed by atoms with E-state index in [0.717, 1.165) is 18.7 Å². The number of anilines is 1. The summed E-state index contributed by atoms with van der Waals surface area (Å²) in [6.07, 6.45) is 0.849. The number of fused-ring (bicyclic) bond motifs is 1. The predicted molar refractivity (Wildman–Crippen MR) is 104 cm³/mol. The first-order valence-electron chi connectivity index (χ1n) is 9.27.